The van der Waals surface area contributed by atoms with Crippen LogP contribution in [0.25, 0.3) is 22.0 Å². The SMILES string of the molecule is C=CC1CC1(NC(=O)[C@@H]1C[C@@H]2CN1C(=O)[C@H](C(C)C)NC(=O)OCCCCCOc1cnn2c(=O)c1-c1ccc2cccnc2c1)C(=O)NS(=O)(=O)C1CC1. The normalized spacial score (nSPS) is 26.0. The van der Waals surface area contributed by atoms with Gasteiger partial charge < -0.3 is 25.0 Å². The molecule has 5 aliphatic rings. The van der Waals surface area contributed by atoms with Crippen molar-refractivity contribution in [3.05, 3.63) is 65.7 Å². The molecule has 292 valence electrons. The molecule has 16 nitrogen and oxygen atoms in total. The van der Waals surface area contributed by atoms with Crippen molar-refractivity contribution in [3.63, 3.8) is 0 Å². The van der Waals surface area contributed by atoms with Crippen molar-refractivity contribution in [3.8, 4) is 16.9 Å². The molecule has 4 amide bonds. The molecular formula is C38H45N7O9S. The summed E-state index contributed by atoms with van der Waals surface area (Å²) in [5.41, 5.74) is -0.662. The van der Waals surface area contributed by atoms with Crippen LogP contribution in [0.15, 0.2) is 60.2 Å². The number of amides is 4. The molecular weight excluding hydrogens is 731 g/mol. The van der Waals surface area contributed by atoms with Gasteiger partial charge in [-0.15, -0.1) is 6.58 Å². The molecule has 0 radical (unpaired) electrons. The number of rotatable bonds is 8. The Labute approximate surface area is 318 Å². The van der Waals surface area contributed by atoms with Crippen LogP contribution in [-0.2, 0) is 29.1 Å². The number of aromatic nitrogens is 3. The van der Waals surface area contributed by atoms with Crippen LogP contribution in [0.1, 0.15) is 64.8 Å². The Hall–Kier alpha value is -5.32. The Morgan fingerprint density at radius 3 is 2.56 bits per heavy atom. The number of sulfonamides is 1. The Bertz CT molecular complexity index is 2200. The highest BCUT2D eigenvalue weighted by atomic mass is 32.2. The number of ether oxygens (including phenoxy) is 2. The van der Waals surface area contributed by atoms with E-state index in [0.717, 1.165) is 5.39 Å². The molecule has 2 aliphatic carbocycles. The monoisotopic (exact) mass is 775 g/mol. The van der Waals surface area contributed by atoms with Gasteiger partial charge in [0.05, 0.1) is 41.8 Å². The third-order valence-corrected chi connectivity index (χ3v) is 12.6. The van der Waals surface area contributed by atoms with E-state index in [1.54, 1.807) is 32.2 Å². The molecule has 3 aliphatic heterocycles. The summed E-state index contributed by atoms with van der Waals surface area (Å²) in [6, 6.07) is 6.01. The number of hydrogen-bond donors (Lipinski definition) is 3. The molecule has 2 unspecified atom stereocenters. The first kappa shape index (κ1) is 38.0. The summed E-state index contributed by atoms with van der Waals surface area (Å²) in [4.78, 5) is 75.5. The number of alkyl carbamates (subject to hydrolysis) is 1. The van der Waals surface area contributed by atoms with E-state index < -0.39 is 80.1 Å². The van der Waals surface area contributed by atoms with Gasteiger partial charge in [0.15, 0.2) is 5.75 Å². The Kier molecular flexibility index (Phi) is 10.4. The maximum Gasteiger partial charge on any atom is 0.407 e. The zero-order valence-corrected chi connectivity index (χ0v) is 31.5. The topological polar surface area (TPSA) is 208 Å². The van der Waals surface area contributed by atoms with E-state index >= 15 is 0 Å². The predicted octanol–water partition coefficient (Wildman–Crippen LogP) is 2.58. The smallest absolute Gasteiger partial charge is 0.407 e. The molecule has 2 aromatic heterocycles. The van der Waals surface area contributed by atoms with Crippen molar-refractivity contribution in [2.24, 2.45) is 11.8 Å². The lowest BCUT2D eigenvalue weighted by atomic mass is 10.0. The number of benzene rings is 1. The van der Waals surface area contributed by atoms with Crippen molar-refractivity contribution in [2.45, 2.75) is 87.7 Å². The van der Waals surface area contributed by atoms with E-state index in [2.05, 4.69) is 32.0 Å². The quantitative estimate of drug-likeness (QED) is 0.284. The highest BCUT2D eigenvalue weighted by Crippen LogP contribution is 2.46. The Morgan fingerprint density at radius 1 is 1.09 bits per heavy atom. The van der Waals surface area contributed by atoms with Gasteiger partial charge in [0.25, 0.3) is 11.5 Å². The second-order valence-corrected chi connectivity index (χ2v) is 17.0. The maximum atomic E-state index is 14.6. The van der Waals surface area contributed by atoms with E-state index in [-0.39, 0.29) is 43.9 Å². The van der Waals surface area contributed by atoms with Crippen LogP contribution in [0.4, 0.5) is 4.79 Å². The van der Waals surface area contributed by atoms with Gasteiger partial charge in [-0.3, -0.25) is 28.9 Å². The predicted molar refractivity (Wildman–Crippen MR) is 200 cm³/mol. The van der Waals surface area contributed by atoms with Crippen LogP contribution < -0.4 is 25.7 Å². The van der Waals surface area contributed by atoms with Crippen molar-refractivity contribution in [2.75, 3.05) is 19.8 Å². The lowest BCUT2D eigenvalue weighted by molar-refractivity contribution is -0.141. The van der Waals surface area contributed by atoms with Crippen molar-refractivity contribution in [1.82, 2.24) is 35.0 Å². The van der Waals surface area contributed by atoms with Gasteiger partial charge in [-0.05, 0) is 62.1 Å². The fourth-order valence-electron chi connectivity index (χ4n) is 7.40. The van der Waals surface area contributed by atoms with Crippen LogP contribution in [0.5, 0.6) is 5.75 Å². The molecule has 5 heterocycles. The van der Waals surface area contributed by atoms with E-state index in [4.69, 9.17) is 9.47 Å². The van der Waals surface area contributed by atoms with Gasteiger partial charge >= 0.3 is 6.09 Å². The van der Waals surface area contributed by atoms with E-state index in [0.29, 0.717) is 43.2 Å². The average molecular weight is 776 g/mol. The molecule has 1 aromatic carbocycles. The summed E-state index contributed by atoms with van der Waals surface area (Å²) in [6.45, 7) is 7.46. The number of nitrogens with one attached hydrogen (secondary N) is 3. The first-order valence-electron chi connectivity index (χ1n) is 18.7. The van der Waals surface area contributed by atoms with Crippen LogP contribution in [-0.4, -0.2) is 94.5 Å². The number of hydrogen-bond acceptors (Lipinski definition) is 11. The van der Waals surface area contributed by atoms with Gasteiger partial charge in [0.2, 0.25) is 21.8 Å². The summed E-state index contributed by atoms with van der Waals surface area (Å²) < 4.78 is 40.3. The number of pyridine rings is 1. The molecule has 1 saturated heterocycles. The fourth-order valence-corrected chi connectivity index (χ4v) is 8.76. The molecule has 3 fully saturated rings. The number of fused-ring (bicyclic) bond motifs is 13. The number of carbonyl (C=O) groups excluding carboxylic acids is 4. The van der Waals surface area contributed by atoms with Crippen LogP contribution in [0.3, 0.4) is 0 Å². The van der Waals surface area contributed by atoms with Crippen molar-refractivity contribution in [1.29, 1.82) is 0 Å². The van der Waals surface area contributed by atoms with E-state index in [9.17, 15) is 32.4 Å². The molecule has 3 N–H and O–H groups in total. The van der Waals surface area contributed by atoms with Crippen molar-refractivity contribution < 1.29 is 37.1 Å². The molecule has 2 saturated carbocycles. The minimum atomic E-state index is -3.93. The molecule has 0 spiro atoms. The lowest BCUT2D eigenvalue weighted by Gasteiger charge is -2.31. The standard InChI is InChI=1S/C38H45N7O9S/c1-4-25-19-38(25,36(49)43-55(51,52)27-12-13-27)42-33(46)29-18-26-21-44(29)35(48)32(22(2)3)41-37(50)54-16-7-5-6-15-53-30-20-40-45(26)34(47)31(30)24-11-10-23-9-8-14-39-28(23)17-24/h4,8-11,14,17,20,22,25-27,29,32H,1,5-7,12-13,15-16,18-19,21H2,2-3H3,(H,41,50)(H,42,46)(H,43,49)/t25?,26-,29+,32+,38?/m1/s1. The third kappa shape index (κ3) is 7.66. The van der Waals surface area contributed by atoms with Crippen LogP contribution in [0, 0.1) is 11.8 Å². The minimum Gasteiger partial charge on any atom is -0.491 e. The zero-order chi connectivity index (χ0) is 39.1. The van der Waals surface area contributed by atoms with Crippen LogP contribution >= 0.6 is 0 Å². The largest absolute Gasteiger partial charge is 0.491 e. The Morgan fingerprint density at radius 2 is 1.85 bits per heavy atom. The molecule has 3 aromatic rings. The van der Waals surface area contributed by atoms with Gasteiger partial charge in [0.1, 0.15) is 17.6 Å². The van der Waals surface area contributed by atoms with Crippen LogP contribution in [0.2, 0.25) is 0 Å². The summed E-state index contributed by atoms with van der Waals surface area (Å²) >= 11 is 0. The highest BCUT2D eigenvalue weighted by molar-refractivity contribution is 7.91. The minimum absolute atomic E-state index is 0.0878. The zero-order valence-electron chi connectivity index (χ0n) is 30.7. The molecule has 5 atom stereocenters. The summed E-state index contributed by atoms with van der Waals surface area (Å²) in [7, 11) is -3.93. The number of carbonyl (C=O) groups is 4. The molecule has 17 heteroatoms. The van der Waals surface area contributed by atoms with E-state index in [1.807, 2.05) is 18.2 Å². The third-order valence-electron chi connectivity index (χ3n) is 10.8. The van der Waals surface area contributed by atoms with Gasteiger partial charge in [-0.1, -0.05) is 38.1 Å². The van der Waals surface area contributed by atoms with Gasteiger partial charge in [0, 0.05) is 30.5 Å². The summed E-state index contributed by atoms with van der Waals surface area (Å²) in [5.74, 6) is -2.95. The first-order chi connectivity index (χ1) is 26.3. The first-order valence-corrected chi connectivity index (χ1v) is 20.2. The Balaban J connectivity index is 1.27. The van der Waals surface area contributed by atoms with Gasteiger partial charge in [-0.25, -0.2) is 17.9 Å². The average Bonchev–Trinajstić information content (AvgIpc) is 4.09. The van der Waals surface area contributed by atoms with Crippen molar-refractivity contribution >= 4 is 44.7 Å². The fraction of sp³-hybridized carbons (Fsp3) is 0.500. The maximum absolute atomic E-state index is 14.6. The molecule has 55 heavy (non-hydrogen) atoms. The highest BCUT2D eigenvalue weighted by Gasteiger charge is 2.62. The lowest BCUT2D eigenvalue weighted by Crippen LogP contribution is -2.59. The van der Waals surface area contributed by atoms with E-state index in [1.165, 1.54) is 21.9 Å². The molecule has 4 bridgehead atoms. The number of nitrogens with zero attached hydrogens (tertiary/aromatic N) is 4. The second kappa shape index (κ2) is 15.1. The molecule has 8 rings (SSSR count). The summed E-state index contributed by atoms with van der Waals surface area (Å²) in [5, 5.41) is 10.1. The van der Waals surface area contributed by atoms with Gasteiger partial charge in [-0.2, -0.15) is 5.10 Å². The summed E-state index contributed by atoms with van der Waals surface area (Å²) in [6.07, 6.45) is 6.48. The second-order valence-electron chi connectivity index (χ2n) is 15.0.